The van der Waals surface area contributed by atoms with Crippen molar-refractivity contribution in [2.24, 2.45) is 5.73 Å². The van der Waals surface area contributed by atoms with Crippen molar-refractivity contribution >= 4 is 10.9 Å². The van der Waals surface area contributed by atoms with Gasteiger partial charge in [-0.25, -0.2) is 0 Å². The molecule has 3 heteroatoms. The minimum Gasteiger partial charge on any atom is -0.497 e. The summed E-state index contributed by atoms with van der Waals surface area (Å²) in [5.74, 6) is 1.23. The van der Waals surface area contributed by atoms with Gasteiger partial charge in [-0.1, -0.05) is 13.8 Å². The first kappa shape index (κ1) is 12.8. The number of rotatable bonds is 3. The number of hydrogen-bond donors (Lipinski definition) is 1. The highest BCUT2D eigenvalue weighted by Gasteiger charge is 2.12. The van der Waals surface area contributed by atoms with E-state index in [1.807, 2.05) is 25.1 Å². The maximum Gasteiger partial charge on any atom is 0.119 e. The van der Waals surface area contributed by atoms with E-state index in [0.29, 0.717) is 5.92 Å². The minimum absolute atomic E-state index is 0.0138. The molecule has 1 unspecified atom stereocenters. The van der Waals surface area contributed by atoms with Crippen molar-refractivity contribution in [2.75, 3.05) is 7.11 Å². The van der Waals surface area contributed by atoms with E-state index in [2.05, 4.69) is 24.9 Å². The summed E-state index contributed by atoms with van der Waals surface area (Å²) in [6.45, 7) is 6.28. The minimum atomic E-state index is -0.0138. The van der Waals surface area contributed by atoms with Crippen LogP contribution in [-0.4, -0.2) is 12.1 Å². The van der Waals surface area contributed by atoms with Gasteiger partial charge in [-0.3, -0.25) is 4.98 Å². The quantitative estimate of drug-likeness (QED) is 0.900. The molecule has 0 fully saturated rings. The van der Waals surface area contributed by atoms with E-state index < -0.39 is 0 Å². The van der Waals surface area contributed by atoms with Gasteiger partial charge in [0.05, 0.1) is 12.6 Å². The van der Waals surface area contributed by atoms with Crippen LogP contribution in [0, 0.1) is 0 Å². The summed E-state index contributed by atoms with van der Waals surface area (Å²) in [5, 5.41) is 1.08. The smallest absolute Gasteiger partial charge is 0.119 e. The SMILES string of the molecule is COc1ccc2nc(C(C)C)cc(C(C)N)c2c1. The molecular formula is C15H20N2O. The summed E-state index contributed by atoms with van der Waals surface area (Å²) < 4.78 is 5.27. The number of methoxy groups -OCH3 is 1. The average Bonchev–Trinajstić information content (AvgIpc) is 2.36. The molecule has 2 aromatic rings. The molecule has 0 bridgehead atoms. The zero-order valence-corrected chi connectivity index (χ0v) is 11.4. The van der Waals surface area contributed by atoms with Crippen LogP contribution in [0.4, 0.5) is 0 Å². The molecule has 0 saturated carbocycles. The maximum absolute atomic E-state index is 6.07. The summed E-state index contributed by atoms with van der Waals surface area (Å²) in [7, 11) is 1.67. The molecule has 0 radical (unpaired) electrons. The lowest BCUT2D eigenvalue weighted by Gasteiger charge is -2.14. The van der Waals surface area contributed by atoms with E-state index in [-0.39, 0.29) is 6.04 Å². The molecule has 1 atom stereocenters. The second-order valence-corrected chi connectivity index (χ2v) is 4.96. The van der Waals surface area contributed by atoms with E-state index in [4.69, 9.17) is 10.5 Å². The number of hydrogen-bond acceptors (Lipinski definition) is 3. The largest absolute Gasteiger partial charge is 0.497 e. The van der Waals surface area contributed by atoms with Crippen LogP contribution in [0.5, 0.6) is 5.75 Å². The molecule has 0 aliphatic rings. The predicted octanol–water partition coefficient (Wildman–Crippen LogP) is 3.39. The van der Waals surface area contributed by atoms with Gasteiger partial charge in [0.25, 0.3) is 0 Å². The monoisotopic (exact) mass is 244 g/mol. The highest BCUT2D eigenvalue weighted by molar-refractivity contribution is 5.84. The Morgan fingerprint density at radius 1 is 1.17 bits per heavy atom. The first-order valence-electron chi connectivity index (χ1n) is 6.27. The normalized spacial score (nSPS) is 13.0. The molecule has 1 aromatic heterocycles. The van der Waals surface area contributed by atoms with Gasteiger partial charge in [-0.2, -0.15) is 0 Å². The lowest BCUT2D eigenvalue weighted by Crippen LogP contribution is -2.08. The van der Waals surface area contributed by atoms with E-state index in [1.165, 1.54) is 0 Å². The number of ether oxygens (including phenoxy) is 1. The standard InChI is InChI=1S/C15H20N2O/c1-9(2)15-8-12(10(3)16)13-7-11(18-4)5-6-14(13)17-15/h5-10H,16H2,1-4H3. The van der Waals surface area contributed by atoms with Crippen LogP contribution < -0.4 is 10.5 Å². The number of pyridine rings is 1. The molecule has 1 heterocycles. The Morgan fingerprint density at radius 2 is 1.89 bits per heavy atom. The van der Waals surface area contributed by atoms with Gasteiger partial charge in [0.1, 0.15) is 5.75 Å². The molecule has 0 spiro atoms. The number of aromatic nitrogens is 1. The van der Waals surface area contributed by atoms with E-state index in [1.54, 1.807) is 7.11 Å². The van der Waals surface area contributed by atoms with Crippen LogP contribution in [0.3, 0.4) is 0 Å². The van der Waals surface area contributed by atoms with Gasteiger partial charge >= 0.3 is 0 Å². The zero-order chi connectivity index (χ0) is 13.3. The summed E-state index contributed by atoms with van der Waals surface area (Å²) in [6, 6.07) is 8.03. The molecule has 0 aliphatic carbocycles. The number of benzene rings is 1. The average molecular weight is 244 g/mol. The molecule has 0 aliphatic heterocycles. The van der Waals surface area contributed by atoms with Crippen molar-refractivity contribution in [2.45, 2.75) is 32.7 Å². The number of nitrogens with zero attached hydrogens (tertiary/aromatic N) is 1. The first-order chi connectivity index (χ1) is 8.52. The lowest BCUT2D eigenvalue weighted by atomic mass is 9.99. The van der Waals surface area contributed by atoms with Gasteiger partial charge in [0.15, 0.2) is 0 Å². The van der Waals surface area contributed by atoms with Crippen molar-refractivity contribution < 1.29 is 4.74 Å². The molecule has 3 nitrogen and oxygen atoms in total. The van der Waals surface area contributed by atoms with Crippen LogP contribution in [0.15, 0.2) is 24.3 Å². The second-order valence-electron chi connectivity index (χ2n) is 4.96. The van der Waals surface area contributed by atoms with E-state index >= 15 is 0 Å². The molecule has 2 rings (SSSR count). The van der Waals surface area contributed by atoms with Gasteiger partial charge in [-0.05, 0) is 42.7 Å². The highest BCUT2D eigenvalue weighted by atomic mass is 16.5. The van der Waals surface area contributed by atoms with Crippen LogP contribution in [0.1, 0.15) is 44.0 Å². The summed E-state index contributed by atoms with van der Waals surface area (Å²) in [6.07, 6.45) is 0. The second kappa shape index (κ2) is 4.94. The van der Waals surface area contributed by atoms with Crippen molar-refractivity contribution in [1.29, 1.82) is 0 Å². The summed E-state index contributed by atoms with van der Waals surface area (Å²) >= 11 is 0. The topological polar surface area (TPSA) is 48.1 Å². The van der Waals surface area contributed by atoms with Crippen molar-refractivity contribution in [1.82, 2.24) is 4.98 Å². The third-order valence-corrected chi connectivity index (χ3v) is 3.15. The maximum atomic E-state index is 6.07. The fraction of sp³-hybridized carbons (Fsp3) is 0.400. The van der Waals surface area contributed by atoms with Gasteiger partial charge < -0.3 is 10.5 Å². The Balaban J connectivity index is 2.73. The molecule has 0 saturated heterocycles. The summed E-state index contributed by atoms with van der Waals surface area (Å²) in [5.41, 5.74) is 9.26. The van der Waals surface area contributed by atoms with Crippen molar-refractivity contribution in [3.8, 4) is 5.75 Å². The van der Waals surface area contributed by atoms with E-state index in [9.17, 15) is 0 Å². The van der Waals surface area contributed by atoms with Gasteiger partial charge in [0.2, 0.25) is 0 Å². The Labute approximate surface area is 108 Å². The molecule has 0 amide bonds. The zero-order valence-electron chi connectivity index (χ0n) is 11.4. The third-order valence-electron chi connectivity index (χ3n) is 3.15. The lowest BCUT2D eigenvalue weighted by molar-refractivity contribution is 0.415. The van der Waals surface area contributed by atoms with Crippen LogP contribution >= 0.6 is 0 Å². The molecule has 1 aromatic carbocycles. The Morgan fingerprint density at radius 3 is 2.44 bits per heavy atom. The number of fused-ring (bicyclic) bond motifs is 1. The van der Waals surface area contributed by atoms with E-state index in [0.717, 1.165) is 27.9 Å². The Hall–Kier alpha value is -1.61. The summed E-state index contributed by atoms with van der Waals surface area (Å²) in [4.78, 5) is 4.68. The van der Waals surface area contributed by atoms with Crippen LogP contribution in [-0.2, 0) is 0 Å². The van der Waals surface area contributed by atoms with Gasteiger partial charge in [-0.15, -0.1) is 0 Å². The van der Waals surface area contributed by atoms with Crippen LogP contribution in [0.2, 0.25) is 0 Å². The van der Waals surface area contributed by atoms with Crippen molar-refractivity contribution in [3.05, 3.63) is 35.5 Å². The highest BCUT2D eigenvalue weighted by Crippen LogP contribution is 2.28. The third kappa shape index (κ3) is 2.31. The fourth-order valence-electron chi connectivity index (χ4n) is 2.05. The van der Waals surface area contributed by atoms with Crippen molar-refractivity contribution in [3.63, 3.8) is 0 Å². The molecule has 2 N–H and O–H groups in total. The molecule has 96 valence electrons. The Kier molecular flexibility index (Phi) is 3.53. The fourth-order valence-corrected chi connectivity index (χ4v) is 2.05. The van der Waals surface area contributed by atoms with Crippen LogP contribution in [0.25, 0.3) is 10.9 Å². The first-order valence-corrected chi connectivity index (χ1v) is 6.27. The molecular weight excluding hydrogens is 224 g/mol. The predicted molar refractivity (Wildman–Crippen MR) is 75.0 cm³/mol. The number of nitrogens with two attached hydrogens (primary N) is 1. The van der Waals surface area contributed by atoms with Gasteiger partial charge in [0, 0.05) is 17.1 Å². The molecule has 18 heavy (non-hydrogen) atoms. The Bertz CT molecular complexity index is 562.